The third-order valence-electron chi connectivity index (χ3n) is 8.55. The van der Waals surface area contributed by atoms with Crippen molar-refractivity contribution in [2.24, 2.45) is 0 Å². The van der Waals surface area contributed by atoms with Crippen LogP contribution in [0.4, 0.5) is 8.78 Å². The third-order valence-corrected chi connectivity index (χ3v) is 8.80. The topological polar surface area (TPSA) is 86.8 Å². The van der Waals surface area contributed by atoms with Crippen LogP contribution in [-0.2, 0) is 26.9 Å². The minimum Gasteiger partial charge on any atom is -0.389 e. The van der Waals surface area contributed by atoms with Crippen molar-refractivity contribution in [2.45, 2.75) is 34.9 Å². The number of carbonyl (C=O) groups is 4. The maximum absolute atomic E-state index is 15.0. The summed E-state index contributed by atoms with van der Waals surface area (Å²) < 4.78 is 30.0. The Morgan fingerprint density at radius 3 is 2.32 bits per heavy atom. The molecule has 1 N–H and O–H groups in total. The van der Waals surface area contributed by atoms with Crippen molar-refractivity contribution < 1.29 is 28.0 Å². The zero-order chi connectivity index (χ0) is 28.4. The van der Waals surface area contributed by atoms with Crippen molar-refractivity contribution >= 4 is 82.4 Å². The summed E-state index contributed by atoms with van der Waals surface area (Å²) in [6, 6.07) is 9.75. The minimum atomic E-state index is -3.76. The Bertz CT molecular complexity index is 1370. The van der Waals surface area contributed by atoms with E-state index in [0.717, 1.165) is 16.9 Å². The minimum absolute atomic E-state index is 0.103. The Hall–Kier alpha value is -2.94. The summed E-state index contributed by atoms with van der Waals surface area (Å²) in [6.07, 6.45) is 0. The molecule has 0 bridgehead atoms. The summed E-state index contributed by atoms with van der Waals surface area (Å²) >= 11 is 5.79. The molecule has 1 saturated heterocycles. The molecule has 4 amide bonds. The number of imide groups is 1. The number of nitrogens with one attached hydrogen (secondary N) is 1. The van der Waals surface area contributed by atoms with Crippen molar-refractivity contribution in [3.63, 3.8) is 0 Å². The molecule has 2 aromatic carbocycles. The first-order chi connectivity index (χ1) is 17.5. The lowest BCUT2D eigenvalue weighted by Crippen LogP contribution is -2.70. The van der Waals surface area contributed by atoms with E-state index in [1.54, 1.807) is 57.4 Å². The predicted molar refractivity (Wildman–Crippen MR) is 155 cm³/mol. The molecule has 0 spiro atoms. The van der Waals surface area contributed by atoms with Gasteiger partial charge in [-0.3, -0.25) is 24.5 Å². The molecule has 190 valence electrons. The average molecular weight is 533 g/mol. The number of amides is 4. The number of hydrogen-bond acceptors (Lipinski definition) is 4. The molecule has 2 aliphatic heterocycles. The van der Waals surface area contributed by atoms with Gasteiger partial charge in [-0.1, -0.05) is 35.9 Å². The van der Waals surface area contributed by atoms with Crippen molar-refractivity contribution in [3.05, 3.63) is 69.7 Å². The third kappa shape index (κ3) is 4.19. The van der Waals surface area contributed by atoms with Crippen LogP contribution in [0, 0.1) is 0 Å². The fourth-order valence-corrected chi connectivity index (χ4v) is 5.35. The maximum atomic E-state index is 15.0. The van der Waals surface area contributed by atoms with Crippen LogP contribution in [0.2, 0.25) is 16.1 Å². The van der Waals surface area contributed by atoms with Crippen LogP contribution in [0.5, 0.6) is 0 Å². The monoisotopic (exact) mass is 533 g/mol. The van der Waals surface area contributed by atoms with Crippen LogP contribution in [-0.4, -0.2) is 86.0 Å². The molecule has 0 radical (unpaired) electrons. The highest BCUT2D eigenvalue weighted by atomic mass is 35.5. The summed E-state index contributed by atoms with van der Waals surface area (Å²) in [7, 11) is 9.82. The SMILES string of the molecule is BC(c1ccc2c(c1)CN([C@]1(B)C(=O)NC(=O)C(B)(B)C1B)C2=O)N(B)C(=O)C(F)(F)c1ccc(Cl)cc1. The Morgan fingerprint density at radius 2 is 1.71 bits per heavy atom. The van der Waals surface area contributed by atoms with Crippen LogP contribution >= 0.6 is 11.6 Å². The second-order valence-corrected chi connectivity index (χ2v) is 11.3. The molecule has 2 aliphatic rings. The Balaban J connectivity index is 1.60. The summed E-state index contributed by atoms with van der Waals surface area (Å²) in [6.45, 7) is 0.103. The molecule has 38 heavy (non-hydrogen) atoms. The van der Waals surface area contributed by atoms with E-state index in [9.17, 15) is 28.0 Å². The van der Waals surface area contributed by atoms with Gasteiger partial charge >= 0.3 is 5.92 Å². The number of benzene rings is 2. The lowest BCUT2D eigenvalue weighted by Gasteiger charge is -2.51. The molecule has 7 nitrogen and oxygen atoms in total. The summed E-state index contributed by atoms with van der Waals surface area (Å²) in [4.78, 5) is 54.1. The van der Waals surface area contributed by atoms with E-state index in [2.05, 4.69) is 5.32 Å². The number of hydrogen-bond donors (Lipinski definition) is 1. The lowest BCUT2D eigenvalue weighted by molar-refractivity contribution is -0.154. The van der Waals surface area contributed by atoms with Crippen molar-refractivity contribution in [1.29, 1.82) is 0 Å². The van der Waals surface area contributed by atoms with E-state index in [1.807, 2.05) is 0 Å². The normalized spacial score (nSPS) is 23.5. The Labute approximate surface area is 229 Å². The van der Waals surface area contributed by atoms with Gasteiger partial charge in [-0.05, 0) is 40.4 Å². The number of alkyl halides is 2. The zero-order valence-corrected chi connectivity index (χ0v) is 22.8. The molecule has 0 saturated carbocycles. The molecule has 16 heteroatoms. The summed E-state index contributed by atoms with van der Waals surface area (Å²) in [5.74, 6) is -7.65. The number of halogens is 3. The van der Waals surface area contributed by atoms with Gasteiger partial charge in [-0.25, -0.2) is 0 Å². The van der Waals surface area contributed by atoms with Gasteiger partial charge in [0, 0.05) is 28.6 Å². The highest BCUT2D eigenvalue weighted by Gasteiger charge is 2.58. The first kappa shape index (κ1) is 28.1. The second kappa shape index (κ2) is 9.36. The lowest BCUT2D eigenvalue weighted by atomic mass is 9.35. The quantitative estimate of drug-likeness (QED) is 0.326. The van der Waals surface area contributed by atoms with E-state index in [4.69, 9.17) is 11.6 Å². The molecular weight excluding hydrogens is 509 g/mol. The fraction of sp³-hybridized carbons (Fsp3) is 0.273. The van der Waals surface area contributed by atoms with Gasteiger partial charge in [-0.15, -0.1) is 0 Å². The Morgan fingerprint density at radius 1 is 1.11 bits per heavy atom. The first-order valence-corrected chi connectivity index (χ1v) is 12.6. The molecule has 2 aromatic rings. The number of fused-ring (bicyclic) bond motifs is 1. The standard InChI is InChI=1S/C22H24B6ClF2N3O4/c23-14(34(28)19(38)22(30,31)11-2-4-12(29)5-3-11)9-1-6-13-10(7-9)8-33(15(13)35)21(27)16(24)20(25,26)17(36)32-18(21)37/h1-7,14,16H,8,23-28H2,(H,32,36,37)/t14?,16?,21-/m0/s1. The van der Waals surface area contributed by atoms with Gasteiger partial charge in [0.25, 0.3) is 11.8 Å². The van der Waals surface area contributed by atoms with Gasteiger partial charge < -0.3 is 9.71 Å². The van der Waals surface area contributed by atoms with Crippen molar-refractivity contribution in [3.8, 4) is 0 Å². The van der Waals surface area contributed by atoms with E-state index < -0.39 is 51.6 Å². The highest BCUT2D eigenvalue weighted by molar-refractivity contribution is 6.58. The maximum Gasteiger partial charge on any atom is 0.348 e. The van der Waals surface area contributed by atoms with E-state index >= 15 is 0 Å². The highest BCUT2D eigenvalue weighted by Crippen LogP contribution is 2.47. The first-order valence-electron chi connectivity index (χ1n) is 12.3. The van der Waals surface area contributed by atoms with E-state index in [0.29, 0.717) is 16.7 Å². The Kier molecular flexibility index (Phi) is 6.92. The number of rotatable bonds is 5. The zero-order valence-electron chi connectivity index (χ0n) is 22.1. The predicted octanol–water partition coefficient (Wildman–Crippen LogP) is -3.11. The number of nitrogens with zero attached hydrogens (tertiary/aromatic N) is 2. The van der Waals surface area contributed by atoms with Gasteiger partial charge in [-0.2, -0.15) is 8.78 Å². The second-order valence-electron chi connectivity index (χ2n) is 10.9. The summed E-state index contributed by atoms with van der Waals surface area (Å²) in [5.41, 5.74) is -0.191. The van der Waals surface area contributed by atoms with Crippen LogP contribution in [0.1, 0.15) is 33.0 Å². The average Bonchev–Trinajstić information content (AvgIpc) is 3.21. The number of piperidine rings is 1. The van der Waals surface area contributed by atoms with Crippen molar-refractivity contribution in [2.75, 3.05) is 0 Å². The molecule has 0 aromatic heterocycles. The van der Waals surface area contributed by atoms with E-state index in [1.165, 1.54) is 25.0 Å². The molecule has 0 aliphatic carbocycles. The van der Waals surface area contributed by atoms with Gasteiger partial charge in [0.15, 0.2) is 0 Å². The van der Waals surface area contributed by atoms with Gasteiger partial charge in [0.2, 0.25) is 19.8 Å². The molecule has 1 fully saturated rings. The van der Waals surface area contributed by atoms with Crippen LogP contribution in [0.15, 0.2) is 42.5 Å². The fourth-order valence-electron chi connectivity index (χ4n) is 5.22. The molecule has 3 atom stereocenters. The molecule has 4 rings (SSSR count). The van der Waals surface area contributed by atoms with Crippen LogP contribution in [0.3, 0.4) is 0 Å². The van der Waals surface area contributed by atoms with Crippen molar-refractivity contribution in [1.82, 2.24) is 15.0 Å². The van der Waals surface area contributed by atoms with Gasteiger partial charge in [0.1, 0.15) is 39.2 Å². The van der Waals surface area contributed by atoms with Crippen LogP contribution < -0.4 is 5.32 Å². The smallest absolute Gasteiger partial charge is 0.348 e. The number of carbonyl (C=O) groups excluding carboxylic acids is 4. The largest absolute Gasteiger partial charge is 0.389 e. The van der Waals surface area contributed by atoms with Gasteiger partial charge in [0.05, 0.1) is 5.44 Å². The molecule has 2 unspecified atom stereocenters. The van der Waals surface area contributed by atoms with E-state index in [-0.39, 0.29) is 17.5 Å². The van der Waals surface area contributed by atoms with Crippen LogP contribution in [0.25, 0.3) is 0 Å². The summed E-state index contributed by atoms with van der Waals surface area (Å²) in [5, 5.41) is 1.80. The molecular formula is C22H24B6ClF2N3O4. The molecule has 2 heterocycles.